The Morgan fingerprint density at radius 3 is 2.74 bits per heavy atom. The highest BCUT2D eigenvalue weighted by atomic mass is 19.1. The first-order chi connectivity index (χ1) is 9.10. The van der Waals surface area contributed by atoms with Gasteiger partial charge in [-0.05, 0) is 37.0 Å². The molecule has 1 N–H and O–H groups in total. The molecule has 0 radical (unpaired) electrons. The van der Waals surface area contributed by atoms with Gasteiger partial charge in [0.1, 0.15) is 11.9 Å². The van der Waals surface area contributed by atoms with E-state index in [1.807, 2.05) is 11.0 Å². The molecule has 100 valence electrons. The molecule has 0 aliphatic carbocycles. The molecular weight excluding hydrogens is 247 g/mol. The van der Waals surface area contributed by atoms with Crippen LogP contribution in [0.25, 0.3) is 0 Å². The lowest BCUT2D eigenvalue weighted by Gasteiger charge is -2.33. The van der Waals surface area contributed by atoms with Crippen molar-refractivity contribution in [3.63, 3.8) is 0 Å². The van der Waals surface area contributed by atoms with Gasteiger partial charge in [0, 0.05) is 19.5 Å². The number of carboxylic acids is 1. The molecule has 0 atom stereocenters. The number of benzene rings is 1. The van der Waals surface area contributed by atoms with Crippen LogP contribution in [0.2, 0.25) is 0 Å². The van der Waals surface area contributed by atoms with Gasteiger partial charge < -0.3 is 10.0 Å². The maximum atomic E-state index is 13.1. The summed E-state index contributed by atoms with van der Waals surface area (Å²) in [5.74, 6) is -0.987. The van der Waals surface area contributed by atoms with E-state index in [-0.39, 0.29) is 12.3 Å². The third-order valence-corrected chi connectivity index (χ3v) is 3.50. The normalized spacial score (nSPS) is 16.1. The number of rotatable bonds is 3. The standard InChI is InChI=1S/C14H15FN2O2/c15-12-1-2-13(11(8-12)9-16)17-5-3-10(4-6-17)7-14(18)19/h1-2,8,10H,3-7H2,(H,18,19). The lowest BCUT2D eigenvalue weighted by molar-refractivity contribution is -0.138. The van der Waals surface area contributed by atoms with Crippen molar-refractivity contribution in [1.29, 1.82) is 5.26 Å². The second-order valence-electron chi connectivity index (χ2n) is 4.80. The highest BCUT2D eigenvalue weighted by Gasteiger charge is 2.22. The first-order valence-electron chi connectivity index (χ1n) is 6.26. The van der Waals surface area contributed by atoms with Gasteiger partial charge in [0.05, 0.1) is 11.3 Å². The predicted molar refractivity (Wildman–Crippen MR) is 68.3 cm³/mol. The quantitative estimate of drug-likeness (QED) is 0.908. The predicted octanol–water partition coefficient (Wildman–Crippen LogP) is 2.39. The summed E-state index contributed by atoms with van der Waals surface area (Å²) < 4.78 is 13.1. The molecule has 0 aromatic heterocycles. The van der Waals surface area contributed by atoms with E-state index < -0.39 is 11.8 Å². The molecule has 1 aromatic rings. The van der Waals surface area contributed by atoms with Gasteiger partial charge in [-0.3, -0.25) is 4.79 Å². The molecule has 0 amide bonds. The third kappa shape index (κ3) is 3.22. The van der Waals surface area contributed by atoms with Gasteiger partial charge in [-0.2, -0.15) is 5.26 Å². The van der Waals surface area contributed by atoms with Gasteiger partial charge in [0.15, 0.2) is 0 Å². The number of carbonyl (C=O) groups is 1. The van der Waals surface area contributed by atoms with Crippen molar-refractivity contribution in [2.24, 2.45) is 5.92 Å². The van der Waals surface area contributed by atoms with Crippen LogP contribution in [0.3, 0.4) is 0 Å². The summed E-state index contributed by atoms with van der Waals surface area (Å²) in [5.41, 5.74) is 1.06. The zero-order chi connectivity index (χ0) is 13.8. The second kappa shape index (κ2) is 5.70. The highest BCUT2D eigenvalue weighted by Crippen LogP contribution is 2.27. The Kier molecular flexibility index (Phi) is 4.00. The second-order valence-corrected chi connectivity index (χ2v) is 4.80. The molecule has 0 unspecified atom stereocenters. The van der Waals surface area contributed by atoms with Gasteiger partial charge in [-0.15, -0.1) is 0 Å². The van der Waals surface area contributed by atoms with E-state index in [0.717, 1.165) is 18.5 Å². The van der Waals surface area contributed by atoms with Gasteiger partial charge in [0.25, 0.3) is 0 Å². The van der Waals surface area contributed by atoms with Crippen molar-refractivity contribution >= 4 is 11.7 Å². The molecule has 1 heterocycles. The molecule has 2 rings (SSSR count). The average molecular weight is 262 g/mol. The van der Waals surface area contributed by atoms with E-state index in [9.17, 15) is 9.18 Å². The summed E-state index contributed by atoms with van der Waals surface area (Å²) in [4.78, 5) is 12.7. The Morgan fingerprint density at radius 2 is 2.16 bits per heavy atom. The van der Waals surface area contributed by atoms with E-state index in [2.05, 4.69) is 0 Å². The van der Waals surface area contributed by atoms with Crippen LogP contribution >= 0.6 is 0 Å². The van der Waals surface area contributed by atoms with Crippen molar-refractivity contribution in [2.45, 2.75) is 19.3 Å². The van der Waals surface area contributed by atoms with Crippen molar-refractivity contribution < 1.29 is 14.3 Å². The summed E-state index contributed by atoms with van der Waals surface area (Å²) in [6, 6.07) is 6.20. The fraction of sp³-hybridized carbons (Fsp3) is 0.429. The molecule has 0 spiro atoms. The van der Waals surface area contributed by atoms with Crippen LogP contribution in [0, 0.1) is 23.1 Å². The number of nitriles is 1. The minimum atomic E-state index is -0.766. The van der Waals surface area contributed by atoms with Crippen LogP contribution in [0.4, 0.5) is 10.1 Å². The molecule has 1 saturated heterocycles. The van der Waals surface area contributed by atoms with E-state index >= 15 is 0 Å². The fourth-order valence-electron chi connectivity index (χ4n) is 2.50. The molecule has 19 heavy (non-hydrogen) atoms. The Bertz CT molecular complexity index is 517. The maximum Gasteiger partial charge on any atom is 0.303 e. The molecule has 1 fully saturated rings. The van der Waals surface area contributed by atoms with Crippen LogP contribution in [-0.4, -0.2) is 24.2 Å². The zero-order valence-corrected chi connectivity index (χ0v) is 10.5. The number of hydrogen-bond acceptors (Lipinski definition) is 3. The lowest BCUT2D eigenvalue weighted by Crippen LogP contribution is -2.34. The Labute approximate surface area is 111 Å². The fourth-order valence-corrected chi connectivity index (χ4v) is 2.50. The molecule has 0 saturated carbocycles. The van der Waals surface area contributed by atoms with Crippen LogP contribution in [-0.2, 0) is 4.79 Å². The minimum Gasteiger partial charge on any atom is -0.481 e. The lowest BCUT2D eigenvalue weighted by atomic mass is 9.93. The smallest absolute Gasteiger partial charge is 0.303 e. The minimum absolute atomic E-state index is 0.194. The number of hydrogen-bond donors (Lipinski definition) is 1. The number of nitrogens with zero attached hydrogens (tertiary/aromatic N) is 2. The summed E-state index contributed by atoms with van der Waals surface area (Å²) in [6.07, 6.45) is 1.77. The van der Waals surface area contributed by atoms with Crippen LogP contribution < -0.4 is 4.90 Å². The van der Waals surface area contributed by atoms with E-state index in [0.29, 0.717) is 18.7 Å². The summed E-state index contributed by atoms with van der Waals surface area (Å²) in [6.45, 7) is 1.41. The molecule has 1 aliphatic heterocycles. The molecule has 4 nitrogen and oxygen atoms in total. The van der Waals surface area contributed by atoms with Crippen LogP contribution in [0.1, 0.15) is 24.8 Å². The maximum absolute atomic E-state index is 13.1. The molecule has 5 heteroatoms. The molecule has 0 bridgehead atoms. The Hall–Kier alpha value is -2.09. The van der Waals surface area contributed by atoms with Crippen LogP contribution in [0.15, 0.2) is 18.2 Å². The summed E-state index contributed by atoms with van der Waals surface area (Å²) in [7, 11) is 0. The molecule has 1 aromatic carbocycles. The number of piperidine rings is 1. The van der Waals surface area contributed by atoms with E-state index in [1.165, 1.54) is 12.1 Å². The van der Waals surface area contributed by atoms with E-state index in [1.54, 1.807) is 6.07 Å². The van der Waals surface area contributed by atoms with E-state index in [4.69, 9.17) is 10.4 Å². The first-order valence-corrected chi connectivity index (χ1v) is 6.26. The zero-order valence-electron chi connectivity index (χ0n) is 10.5. The largest absolute Gasteiger partial charge is 0.481 e. The number of halogens is 1. The number of anilines is 1. The first kappa shape index (κ1) is 13.3. The van der Waals surface area contributed by atoms with Gasteiger partial charge in [-0.25, -0.2) is 4.39 Å². The van der Waals surface area contributed by atoms with Gasteiger partial charge >= 0.3 is 5.97 Å². The number of aliphatic carboxylic acids is 1. The molecular formula is C14H15FN2O2. The Morgan fingerprint density at radius 1 is 1.47 bits per heavy atom. The van der Waals surface area contributed by atoms with Crippen molar-refractivity contribution in [2.75, 3.05) is 18.0 Å². The van der Waals surface area contributed by atoms with Crippen molar-refractivity contribution in [3.8, 4) is 6.07 Å². The summed E-state index contributed by atoms with van der Waals surface area (Å²) in [5, 5.41) is 17.8. The Balaban J connectivity index is 2.06. The highest BCUT2D eigenvalue weighted by molar-refractivity contribution is 5.67. The van der Waals surface area contributed by atoms with Crippen molar-refractivity contribution in [1.82, 2.24) is 0 Å². The van der Waals surface area contributed by atoms with Crippen molar-refractivity contribution in [3.05, 3.63) is 29.6 Å². The number of carboxylic acid groups (broad SMARTS) is 1. The molecule has 1 aliphatic rings. The van der Waals surface area contributed by atoms with Crippen LogP contribution in [0.5, 0.6) is 0 Å². The monoisotopic (exact) mass is 262 g/mol. The third-order valence-electron chi connectivity index (χ3n) is 3.50. The average Bonchev–Trinajstić information content (AvgIpc) is 2.39. The summed E-state index contributed by atoms with van der Waals surface area (Å²) >= 11 is 0. The topological polar surface area (TPSA) is 64.3 Å². The van der Waals surface area contributed by atoms with Gasteiger partial charge in [0.2, 0.25) is 0 Å². The SMILES string of the molecule is N#Cc1cc(F)ccc1N1CCC(CC(=O)O)CC1. The van der Waals surface area contributed by atoms with Gasteiger partial charge in [-0.1, -0.05) is 0 Å².